The number of pyridine rings is 1. The van der Waals surface area contributed by atoms with Crippen LogP contribution < -0.4 is 5.32 Å². The highest BCUT2D eigenvalue weighted by Crippen LogP contribution is 2.29. The van der Waals surface area contributed by atoms with Crippen LogP contribution in [0.25, 0.3) is 10.9 Å². The van der Waals surface area contributed by atoms with Crippen molar-refractivity contribution >= 4 is 34.1 Å². The molecule has 17 heavy (non-hydrogen) atoms. The summed E-state index contributed by atoms with van der Waals surface area (Å²) in [5.74, 6) is 0.372. The molecule has 6 heteroatoms. The average molecular weight is 269 g/mol. The van der Waals surface area contributed by atoms with E-state index in [2.05, 4.69) is 20.3 Å². The lowest BCUT2D eigenvalue weighted by molar-refractivity contribution is 0.740. The summed E-state index contributed by atoms with van der Waals surface area (Å²) >= 11 is 11.9. The van der Waals surface area contributed by atoms with Crippen molar-refractivity contribution in [2.45, 2.75) is 12.3 Å². The first kappa shape index (κ1) is 11.1. The zero-order valence-electron chi connectivity index (χ0n) is 8.95. The molecule has 0 radical (unpaired) electrons. The monoisotopic (exact) mass is 268 g/mol. The fourth-order valence-corrected chi connectivity index (χ4v) is 2.54. The minimum atomic E-state index is 0.267. The van der Waals surface area contributed by atoms with Gasteiger partial charge in [-0.05, 0) is 30.6 Å². The Labute approximate surface area is 108 Å². The molecule has 1 unspecified atom stereocenters. The predicted octanol–water partition coefficient (Wildman–Crippen LogP) is 2.41. The van der Waals surface area contributed by atoms with Crippen LogP contribution in [0, 0.1) is 0 Å². The lowest BCUT2D eigenvalue weighted by atomic mass is 10.0. The van der Waals surface area contributed by atoms with E-state index < -0.39 is 0 Å². The second kappa shape index (κ2) is 4.37. The Balaban J connectivity index is 2.23. The lowest BCUT2D eigenvalue weighted by Gasteiger charge is -2.11. The number of rotatable bonds is 1. The SMILES string of the molecule is Clc1cc2c(C3CCNC3)nc(Cl)nc2cn1. The van der Waals surface area contributed by atoms with E-state index in [-0.39, 0.29) is 5.28 Å². The fourth-order valence-electron chi connectivity index (χ4n) is 2.20. The second-order valence-electron chi connectivity index (χ2n) is 4.09. The zero-order valence-corrected chi connectivity index (χ0v) is 10.5. The van der Waals surface area contributed by atoms with Crippen LogP contribution in [-0.4, -0.2) is 28.0 Å². The van der Waals surface area contributed by atoms with E-state index in [1.807, 2.05) is 0 Å². The van der Waals surface area contributed by atoms with Crippen molar-refractivity contribution in [3.63, 3.8) is 0 Å². The second-order valence-corrected chi connectivity index (χ2v) is 4.82. The van der Waals surface area contributed by atoms with Gasteiger partial charge < -0.3 is 5.32 Å². The summed E-state index contributed by atoms with van der Waals surface area (Å²) < 4.78 is 0. The molecule has 0 bridgehead atoms. The molecular weight excluding hydrogens is 259 g/mol. The van der Waals surface area contributed by atoms with Crippen molar-refractivity contribution in [3.8, 4) is 0 Å². The topological polar surface area (TPSA) is 50.7 Å². The van der Waals surface area contributed by atoms with Crippen LogP contribution in [0.1, 0.15) is 18.0 Å². The molecule has 0 amide bonds. The summed E-state index contributed by atoms with van der Waals surface area (Å²) in [6.45, 7) is 1.93. The predicted molar refractivity (Wildman–Crippen MR) is 67.6 cm³/mol. The van der Waals surface area contributed by atoms with Crippen molar-refractivity contribution in [1.82, 2.24) is 20.3 Å². The van der Waals surface area contributed by atoms with Gasteiger partial charge in [0.05, 0.1) is 17.4 Å². The summed E-state index contributed by atoms with van der Waals surface area (Å²) in [6, 6.07) is 1.81. The van der Waals surface area contributed by atoms with E-state index in [0.717, 1.165) is 36.1 Å². The molecule has 3 rings (SSSR count). The van der Waals surface area contributed by atoms with Gasteiger partial charge in [0.15, 0.2) is 0 Å². The van der Waals surface area contributed by atoms with Crippen molar-refractivity contribution < 1.29 is 0 Å². The summed E-state index contributed by atoms with van der Waals surface area (Å²) in [5.41, 5.74) is 1.71. The van der Waals surface area contributed by atoms with Crippen LogP contribution in [0.5, 0.6) is 0 Å². The third-order valence-electron chi connectivity index (χ3n) is 3.00. The van der Waals surface area contributed by atoms with E-state index in [1.165, 1.54) is 0 Å². The van der Waals surface area contributed by atoms with Gasteiger partial charge in [-0.3, -0.25) is 0 Å². The number of halogens is 2. The van der Waals surface area contributed by atoms with Crippen LogP contribution in [0.4, 0.5) is 0 Å². The number of aromatic nitrogens is 3. The quantitative estimate of drug-likeness (QED) is 0.638. The van der Waals surface area contributed by atoms with Crippen molar-refractivity contribution in [3.05, 3.63) is 28.4 Å². The molecule has 0 aromatic carbocycles. The largest absolute Gasteiger partial charge is 0.316 e. The normalized spacial score (nSPS) is 20.0. The fraction of sp³-hybridized carbons (Fsp3) is 0.364. The van der Waals surface area contributed by atoms with Crippen LogP contribution in [0.2, 0.25) is 10.4 Å². The minimum absolute atomic E-state index is 0.267. The van der Waals surface area contributed by atoms with E-state index in [0.29, 0.717) is 11.1 Å². The maximum Gasteiger partial charge on any atom is 0.223 e. The molecule has 1 atom stereocenters. The first-order chi connectivity index (χ1) is 8.24. The Kier molecular flexibility index (Phi) is 2.86. The van der Waals surface area contributed by atoms with Crippen LogP contribution >= 0.6 is 23.2 Å². The number of hydrogen-bond donors (Lipinski definition) is 1. The van der Waals surface area contributed by atoms with Gasteiger partial charge in [-0.25, -0.2) is 15.0 Å². The number of hydrogen-bond acceptors (Lipinski definition) is 4. The van der Waals surface area contributed by atoms with Crippen LogP contribution in [0.15, 0.2) is 12.3 Å². The van der Waals surface area contributed by atoms with E-state index in [4.69, 9.17) is 23.2 Å². The molecule has 1 saturated heterocycles. The average Bonchev–Trinajstić information content (AvgIpc) is 2.82. The molecule has 4 nitrogen and oxygen atoms in total. The number of nitrogens with zero attached hydrogens (tertiary/aromatic N) is 3. The van der Waals surface area contributed by atoms with Crippen molar-refractivity contribution in [2.24, 2.45) is 0 Å². The molecule has 2 aromatic heterocycles. The molecule has 0 aliphatic carbocycles. The molecule has 0 saturated carbocycles. The van der Waals surface area contributed by atoms with Crippen LogP contribution in [0.3, 0.4) is 0 Å². The van der Waals surface area contributed by atoms with Gasteiger partial charge in [0.1, 0.15) is 5.15 Å². The van der Waals surface area contributed by atoms with Gasteiger partial charge in [-0.15, -0.1) is 0 Å². The number of fused-ring (bicyclic) bond motifs is 1. The number of nitrogens with one attached hydrogen (secondary N) is 1. The zero-order chi connectivity index (χ0) is 11.8. The highest BCUT2D eigenvalue weighted by molar-refractivity contribution is 6.30. The summed E-state index contributed by atoms with van der Waals surface area (Å²) in [4.78, 5) is 12.5. The summed E-state index contributed by atoms with van der Waals surface area (Å²) in [5, 5.41) is 4.99. The molecule has 88 valence electrons. The Morgan fingerprint density at radius 3 is 2.94 bits per heavy atom. The Morgan fingerprint density at radius 2 is 2.18 bits per heavy atom. The molecule has 1 aliphatic rings. The first-order valence-corrected chi connectivity index (χ1v) is 6.19. The van der Waals surface area contributed by atoms with Crippen molar-refractivity contribution in [1.29, 1.82) is 0 Å². The Morgan fingerprint density at radius 1 is 1.29 bits per heavy atom. The minimum Gasteiger partial charge on any atom is -0.316 e. The summed E-state index contributed by atoms with van der Waals surface area (Å²) in [6.07, 6.45) is 2.69. The maximum absolute atomic E-state index is 5.94. The highest BCUT2D eigenvalue weighted by Gasteiger charge is 2.21. The lowest BCUT2D eigenvalue weighted by Crippen LogP contribution is -2.10. The van der Waals surface area contributed by atoms with Gasteiger partial charge in [0.25, 0.3) is 0 Å². The van der Waals surface area contributed by atoms with E-state index >= 15 is 0 Å². The first-order valence-electron chi connectivity index (χ1n) is 5.43. The molecule has 3 heterocycles. The van der Waals surface area contributed by atoms with Gasteiger partial charge in [0.2, 0.25) is 5.28 Å². The van der Waals surface area contributed by atoms with Gasteiger partial charge >= 0.3 is 0 Å². The van der Waals surface area contributed by atoms with Crippen LogP contribution in [-0.2, 0) is 0 Å². The standard InChI is InChI=1S/C11H10Cl2N4/c12-9-3-7-8(5-15-9)16-11(13)17-10(7)6-1-2-14-4-6/h3,5-6,14H,1-2,4H2. The molecule has 0 spiro atoms. The smallest absolute Gasteiger partial charge is 0.223 e. The third-order valence-corrected chi connectivity index (χ3v) is 3.37. The molecule has 1 fully saturated rings. The Hall–Kier alpha value is -0.970. The van der Waals surface area contributed by atoms with E-state index in [9.17, 15) is 0 Å². The van der Waals surface area contributed by atoms with Crippen molar-refractivity contribution in [2.75, 3.05) is 13.1 Å². The van der Waals surface area contributed by atoms with E-state index in [1.54, 1.807) is 12.3 Å². The molecule has 1 aliphatic heterocycles. The van der Waals surface area contributed by atoms with Gasteiger partial charge in [-0.2, -0.15) is 0 Å². The molecule has 1 N–H and O–H groups in total. The molecular formula is C11H10Cl2N4. The third kappa shape index (κ3) is 2.08. The molecule has 2 aromatic rings. The summed E-state index contributed by atoms with van der Waals surface area (Å²) in [7, 11) is 0. The highest BCUT2D eigenvalue weighted by atomic mass is 35.5. The van der Waals surface area contributed by atoms with Gasteiger partial charge in [-0.1, -0.05) is 11.6 Å². The maximum atomic E-state index is 5.94. The van der Waals surface area contributed by atoms with Gasteiger partial charge in [0, 0.05) is 17.8 Å². The Bertz CT molecular complexity index is 567.